The number of amides is 1. The first kappa shape index (κ1) is 22.6. The molecule has 1 fully saturated rings. The van der Waals surface area contributed by atoms with Crippen LogP contribution < -0.4 is 4.74 Å². The Morgan fingerprint density at radius 3 is 2.64 bits per heavy atom. The van der Waals surface area contributed by atoms with E-state index in [1.165, 1.54) is 6.07 Å². The largest absolute Gasteiger partial charge is 0.457 e. The zero-order valence-electron chi connectivity index (χ0n) is 19.6. The van der Waals surface area contributed by atoms with Gasteiger partial charge in [0, 0.05) is 55.0 Å². The molecule has 0 bridgehead atoms. The molecule has 0 atom stereocenters. The van der Waals surface area contributed by atoms with Crippen molar-refractivity contribution in [2.75, 3.05) is 33.2 Å². The van der Waals surface area contributed by atoms with E-state index in [1.807, 2.05) is 43.4 Å². The molecule has 0 spiro atoms. The number of aromatic nitrogens is 2. The Labute approximate surface area is 211 Å². The van der Waals surface area contributed by atoms with Crippen molar-refractivity contribution in [3.63, 3.8) is 0 Å². The van der Waals surface area contributed by atoms with Gasteiger partial charge in [0.1, 0.15) is 17.3 Å². The third-order valence-corrected chi connectivity index (χ3v) is 7.36. The second kappa shape index (κ2) is 9.29. The van der Waals surface area contributed by atoms with Crippen LogP contribution in [0.2, 0.25) is 0 Å². The number of rotatable bonds is 4. The van der Waals surface area contributed by atoms with Crippen molar-refractivity contribution in [3.05, 3.63) is 83.8 Å². The van der Waals surface area contributed by atoms with Crippen molar-refractivity contribution in [2.24, 2.45) is 0 Å². The van der Waals surface area contributed by atoms with E-state index in [2.05, 4.69) is 14.9 Å². The fourth-order valence-electron chi connectivity index (χ4n) is 4.48. The number of thiazole rings is 1. The van der Waals surface area contributed by atoms with Gasteiger partial charge >= 0.3 is 0 Å². The zero-order chi connectivity index (χ0) is 24.6. The van der Waals surface area contributed by atoms with E-state index in [4.69, 9.17) is 4.74 Å². The van der Waals surface area contributed by atoms with Gasteiger partial charge in [0.15, 0.2) is 0 Å². The lowest BCUT2D eigenvalue weighted by atomic mass is 10.0. The van der Waals surface area contributed by atoms with E-state index in [1.54, 1.807) is 46.1 Å². The monoisotopic (exact) mass is 498 g/mol. The van der Waals surface area contributed by atoms with E-state index in [9.17, 15) is 4.79 Å². The molecule has 3 heterocycles. The third kappa shape index (κ3) is 4.29. The summed E-state index contributed by atoms with van der Waals surface area (Å²) in [5, 5.41) is 0.769. The Bertz CT molecular complexity index is 1590. The molecule has 0 N–H and O–H groups in total. The Morgan fingerprint density at radius 2 is 1.81 bits per heavy atom. The average Bonchev–Trinajstić information content (AvgIpc) is 3.37. The van der Waals surface area contributed by atoms with Crippen LogP contribution in [0.15, 0.2) is 72.4 Å². The summed E-state index contributed by atoms with van der Waals surface area (Å²) in [5.74, 6) is 0.724. The maximum atomic E-state index is 15.3. The summed E-state index contributed by atoms with van der Waals surface area (Å²) in [7, 11) is 2.03. The molecule has 0 saturated carbocycles. The number of nitrogens with zero attached hydrogens (tertiary/aromatic N) is 4. The second-order valence-electron chi connectivity index (χ2n) is 8.92. The summed E-state index contributed by atoms with van der Waals surface area (Å²) in [6.07, 6.45) is 1.69. The van der Waals surface area contributed by atoms with Crippen LogP contribution in [0.1, 0.15) is 10.4 Å². The first-order chi connectivity index (χ1) is 17.5. The summed E-state index contributed by atoms with van der Waals surface area (Å²) in [4.78, 5) is 25.6. The minimum Gasteiger partial charge on any atom is -0.457 e. The Balaban J connectivity index is 1.31. The van der Waals surface area contributed by atoms with Crippen molar-refractivity contribution >= 4 is 38.4 Å². The Hall–Kier alpha value is -3.88. The topological polar surface area (TPSA) is 58.6 Å². The number of carbonyl (C=O) groups excluding carboxylic acids is 1. The van der Waals surface area contributed by atoms with Gasteiger partial charge in [0.2, 0.25) is 0 Å². The molecule has 180 valence electrons. The van der Waals surface area contributed by atoms with Crippen LogP contribution in [0.4, 0.5) is 4.39 Å². The highest BCUT2D eigenvalue weighted by Crippen LogP contribution is 2.34. The fourth-order valence-corrected chi connectivity index (χ4v) is 5.14. The summed E-state index contributed by atoms with van der Waals surface area (Å²) in [6.45, 7) is 2.93. The minimum atomic E-state index is -0.435. The minimum absolute atomic E-state index is 0.135. The van der Waals surface area contributed by atoms with Crippen LogP contribution in [0.3, 0.4) is 0 Å². The molecule has 1 aliphatic heterocycles. The van der Waals surface area contributed by atoms with Crippen molar-refractivity contribution in [1.29, 1.82) is 0 Å². The van der Waals surface area contributed by atoms with E-state index in [0.29, 0.717) is 41.3 Å². The standard InChI is InChI=1S/C28H23FN4O2S/c1-32-10-12-33(13-11-32)28(34)19-2-5-21(23(29)15-19)18-3-6-24-22(14-18)26(8-9-30-24)35-20-4-7-27-25(16-20)31-17-36-27/h2-9,14-17H,10-13H2,1H3. The van der Waals surface area contributed by atoms with Gasteiger partial charge < -0.3 is 14.5 Å². The highest BCUT2D eigenvalue weighted by atomic mass is 32.1. The van der Waals surface area contributed by atoms with Crippen molar-refractivity contribution in [2.45, 2.75) is 0 Å². The molecule has 1 aliphatic rings. The number of benzene rings is 3. The summed E-state index contributed by atoms with van der Waals surface area (Å²) >= 11 is 1.58. The molecule has 6 rings (SSSR count). The first-order valence-corrected chi connectivity index (χ1v) is 12.6. The van der Waals surface area contributed by atoms with Crippen LogP contribution >= 0.6 is 11.3 Å². The number of hydrogen-bond donors (Lipinski definition) is 0. The van der Waals surface area contributed by atoms with Gasteiger partial charge in [-0.05, 0) is 55.1 Å². The van der Waals surface area contributed by atoms with Gasteiger partial charge in [0.05, 0.1) is 21.2 Å². The maximum Gasteiger partial charge on any atom is 0.254 e. The molecule has 36 heavy (non-hydrogen) atoms. The molecular weight excluding hydrogens is 475 g/mol. The number of piperazine rings is 1. The number of carbonyl (C=O) groups is 1. The first-order valence-electron chi connectivity index (χ1n) is 11.7. The lowest BCUT2D eigenvalue weighted by Gasteiger charge is -2.32. The van der Waals surface area contributed by atoms with Crippen LogP contribution in [-0.4, -0.2) is 58.9 Å². The van der Waals surface area contributed by atoms with E-state index in [0.717, 1.165) is 34.2 Å². The molecule has 3 aromatic carbocycles. The van der Waals surface area contributed by atoms with Crippen molar-refractivity contribution < 1.29 is 13.9 Å². The zero-order valence-corrected chi connectivity index (χ0v) is 20.5. The lowest BCUT2D eigenvalue weighted by molar-refractivity contribution is 0.0663. The van der Waals surface area contributed by atoms with Gasteiger partial charge in [-0.1, -0.05) is 12.1 Å². The Kier molecular flexibility index (Phi) is 5.83. The van der Waals surface area contributed by atoms with E-state index < -0.39 is 5.82 Å². The van der Waals surface area contributed by atoms with Crippen LogP contribution in [0.25, 0.3) is 32.2 Å². The van der Waals surface area contributed by atoms with E-state index >= 15 is 4.39 Å². The number of halogens is 1. The predicted octanol–water partition coefficient (Wildman–Crippen LogP) is 5.83. The van der Waals surface area contributed by atoms with Crippen LogP contribution in [0.5, 0.6) is 11.5 Å². The molecular formula is C28H23FN4O2S. The predicted molar refractivity (Wildman–Crippen MR) is 140 cm³/mol. The number of pyridine rings is 1. The molecule has 0 unspecified atom stereocenters. The highest BCUT2D eigenvalue weighted by Gasteiger charge is 2.21. The molecule has 8 heteroatoms. The molecule has 1 saturated heterocycles. The number of likely N-dealkylation sites (N-methyl/N-ethyl adjacent to an activating group) is 1. The van der Waals surface area contributed by atoms with Gasteiger partial charge in [0.25, 0.3) is 5.91 Å². The fraction of sp³-hybridized carbons (Fsp3) is 0.179. The van der Waals surface area contributed by atoms with Crippen LogP contribution in [0, 0.1) is 5.82 Å². The number of ether oxygens (including phenoxy) is 1. The van der Waals surface area contributed by atoms with Crippen molar-refractivity contribution in [3.8, 4) is 22.6 Å². The summed E-state index contributed by atoms with van der Waals surface area (Å²) < 4.78 is 22.5. The maximum absolute atomic E-state index is 15.3. The smallest absolute Gasteiger partial charge is 0.254 e. The molecule has 5 aromatic rings. The molecule has 1 amide bonds. The summed E-state index contributed by atoms with van der Waals surface area (Å²) in [6, 6.07) is 17.9. The number of fused-ring (bicyclic) bond motifs is 2. The molecule has 2 aromatic heterocycles. The van der Waals surface area contributed by atoms with Gasteiger partial charge in [-0.15, -0.1) is 11.3 Å². The number of hydrogen-bond acceptors (Lipinski definition) is 6. The Morgan fingerprint density at radius 1 is 0.944 bits per heavy atom. The second-order valence-corrected chi connectivity index (χ2v) is 9.80. The molecule has 6 nitrogen and oxygen atoms in total. The van der Waals surface area contributed by atoms with Gasteiger partial charge in [-0.3, -0.25) is 9.78 Å². The molecule has 0 radical (unpaired) electrons. The lowest BCUT2D eigenvalue weighted by Crippen LogP contribution is -2.47. The van der Waals surface area contributed by atoms with Gasteiger partial charge in [-0.25, -0.2) is 9.37 Å². The third-order valence-electron chi connectivity index (χ3n) is 6.55. The van der Waals surface area contributed by atoms with Crippen LogP contribution in [-0.2, 0) is 0 Å². The average molecular weight is 499 g/mol. The highest BCUT2D eigenvalue weighted by molar-refractivity contribution is 7.16. The SMILES string of the molecule is CN1CCN(C(=O)c2ccc(-c3ccc4nccc(Oc5ccc6scnc6c5)c4c3)c(F)c2)CC1. The normalized spacial score (nSPS) is 14.4. The van der Waals surface area contributed by atoms with Gasteiger partial charge in [-0.2, -0.15) is 0 Å². The van der Waals surface area contributed by atoms with E-state index in [-0.39, 0.29) is 5.91 Å². The quantitative estimate of drug-likeness (QED) is 0.312. The van der Waals surface area contributed by atoms with Crippen molar-refractivity contribution in [1.82, 2.24) is 19.8 Å². The molecule has 0 aliphatic carbocycles. The summed E-state index contributed by atoms with van der Waals surface area (Å²) in [5.41, 5.74) is 4.90.